The molecule has 0 saturated heterocycles. The minimum atomic E-state index is 1.00. The zero-order valence-electron chi connectivity index (χ0n) is 6.04. The van der Waals surface area contributed by atoms with Crippen LogP contribution in [0.2, 0.25) is 0 Å². The van der Waals surface area contributed by atoms with E-state index in [0.717, 1.165) is 18.5 Å². The standard InChI is InChI=1S/C8H10N2/c1-2-9-10-8-6-4-3-5-7-8/h3-4,6H,5,7H2,1H3. The van der Waals surface area contributed by atoms with Crippen LogP contribution in [0.1, 0.15) is 19.8 Å². The van der Waals surface area contributed by atoms with Crippen molar-refractivity contribution in [2.75, 3.05) is 0 Å². The van der Waals surface area contributed by atoms with E-state index >= 15 is 0 Å². The van der Waals surface area contributed by atoms with Gasteiger partial charge in [-0.25, -0.2) is 0 Å². The van der Waals surface area contributed by atoms with Gasteiger partial charge in [0, 0.05) is 0 Å². The summed E-state index contributed by atoms with van der Waals surface area (Å²) in [5.74, 6) is 0. The first kappa shape index (κ1) is 6.88. The molecule has 0 aromatic carbocycles. The monoisotopic (exact) mass is 134 g/mol. The van der Waals surface area contributed by atoms with Gasteiger partial charge in [0.15, 0.2) is 0 Å². The molecule has 0 unspecified atom stereocenters. The molecule has 0 aromatic rings. The van der Waals surface area contributed by atoms with Gasteiger partial charge < -0.3 is 0 Å². The second-order valence-electron chi connectivity index (χ2n) is 2.05. The quantitative estimate of drug-likeness (QED) is 0.491. The van der Waals surface area contributed by atoms with E-state index in [4.69, 9.17) is 0 Å². The Hall–Kier alpha value is -1.23. The van der Waals surface area contributed by atoms with Crippen LogP contribution >= 0.6 is 0 Å². The lowest BCUT2D eigenvalue weighted by molar-refractivity contribution is 0.980. The maximum absolute atomic E-state index is 3.93. The molecule has 2 nitrogen and oxygen atoms in total. The first-order valence-electron chi connectivity index (χ1n) is 3.36. The fourth-order valence-corrected chi connectivity index (χ4v) is 0.787. The highest BCUT2D eigenvalue weighted by Crippen LogP contribution is 2.17. The Bertz CT molecular complexity index is 215. The van der Waals surface area contributed by atoms with Crippen molar-refractivity contribution in [2.45, 2.75) is 19.8 Å². The summed E-state index contributed by atoms with van der Waals surface area (Å²) < 4.78 is 0. The maximum Gasteiger partial charge on any atom is 0.268 e. The van der Waals surface area contributed by atoms with Crippen LogP contribution in [0.5, 0.6) is 0 Å². The largest absolute Gasteiger partial charge is 0.282 e. The third kappa shape index (κ3) is 1.94. The Morgan fingerprint density at radius 3 is 3.20 bits per heavy atom. The van der Waals surface area contributed by atoms with Crippen molar-refractivity contribution < 1.29 is 0 Å². The topological polar surface area (TPSA) is 18.5 Å². The Morgan fingerprint density at radius 1 is 1.70 bits per heavy atom. The Labute approximate surface area is 61.0 Å². The van der Waals surface area contributed by atoms with Gasteiger partial charge in [-0.2, -0.15) is 0 Å². The van der Waals surface area contributed by atoms with Crippen molar-refractivity contribution in [2.24, 2.45) is 0 Å². The summed E-state index contributed by atoms with van der Waals surface area (Å²) in [4.78, 5) is 3.67. The molecule has 0 aliphatic heterocycles. The zero-order valence-corrected chi connectivity index (χ0v) is 6.04. The fraction of sp³-hybridized carbons (Fsp3) is 0.375. The molecule has 1 rings (SSSR count). The van der Waals surface area contributed by atoms with Crippen molar-refractivity contribution in [1.29, 1.82) is 0 Å². The molecule has 0 saturated carbocycles. The minimum Gasteiger partial charge on any atom is -0.282 e. The van der Waals surface area contributed by atoms with Crippen LogP contribution in [0.15, 0.2) is 23.9 Å². The molecular formula is C8H10N2. The molecule has 0 heterocycles. The molecule has 0 atom stereocenters. The molecule has 1 aliphatic carbocycles. The van der Waals surface area contributed by atoms with E-state index in [2.05, 4.69) is 22.5 Å². The average molecular weight is 134 g/mol. The van der Waals surface area contributed by atoms with Crippen LogP contribution in [0.4, 0.5) is 0 Å². The summed E-state index contributed by atoms with van der Waals surface area (Å²) in [6.45, 7) is 1.74. The van der Waals surface area contributed by atoms with Gasteiger partial charge in [0.05, 0.1) is 6.92 Å². The number of nitrogens with zero attached hydrogens (tertiary/aromatic N) is 2. The Morgan fingerprint density at radius 2 is 2.60 bits per heavy atom. The molecule has 2 heteroatoms. The predicted octanol–water partition coefficient (Wildman–Crippen LogP) is 2.86. The molecule has 0 N–H and O–H groups in total. The van der Waals surface area contributed by atoms with Crippen molar-refractivity contribution in [1.82, 2.24) is 0 Å². The Balaban J connectivity index is 2.44. The smallest absolute Gasteiger partial charge is 0.268 e. The first-order valence-corrected chi connectivity index (χ1v) is 3.36. The average Bonchev–Trinajstić information content (AvgIpc) is 2.03. The molecule has 0 aromatic heterocycles. The summed E-state index contributed by atoms with van der Waals surface area (Å²) in [6.07, 6.45) is 8.19. The normalized spacial score (nSPS) is 15.1. The van der Waals surface area contributed by atoms with Crippen LogP contribution in [-0.2, 0) is 0 Å². The van der Waals surface area contributed by atoms with Crippen molar-refractivity contribution in [3.05, 3.63) is 34.3 Å². The van der Waals surface area contributed by atoms with Gasteiger partial charge in [-0.15, -0.1) is 0 Å². The van der Waals surface area contributed by atoms with Gasteiger partial charge in [-0.1, -0.05) is 28.9 Å². The Kier molecular flexibility index (Phi) is 2.57. The van der Waals surface area contributed by atoms with Gasteiger partial charge in [-0.05, 0) is 12.8 Å². The van der Waals surface area contributed by atoms with Gasteiger partial charge in [-0.3, -0.25) is 5.43 Å². The van der Waals surface area contributed by atoms with Crippen LogP contribution in [-0.4, -0.2) is 0 Å². The van der Waals surface area contributed by atoms with E-state index < -0.39 is 0 Å². The molecule has 0 amide bonds. The molecule has 52 valence electrons. The van der Waals surface area contributed by atoms with E-state index in [1.54, 1.807) is 6.92 Å². The summed E-state index contributed by atoms with van der Waals surface area (Å²) in [7, 11) is 0. The van der Waals surface area contributed by atoms with Crippen LogP contribution in [0.25, 0.3) is 10.4 Å². The summed E-state index contributed by atoms with van der Waals surface area (Å²) in [5.41, 5.74) is 4.96. The SMILES string of the molecule is CC#[N+][N-]C1=CC=CCC1. The van der Waals surface area contributed by atoms with E-state index in [1.807, 2.05) is 12.2 Å². The third-order valence-corrected chi connectivity index (χ3v) is 1.27. The summed E-state index contributed by atoms with van der Waals surface area (Å²) >= 11 is 0. The molecule has 0 radical (unpaired) electrons. The highest BCUT2D eigenvalue weighted by molar-refractivity contribution is 5.28. The van der Waals surface area contributed by atoms with E-state index in [0.29, 0.717) is 0 Å². The van der Waals surface area contributed by atoms with Crippen molar-refractivity contribution in [3.63, 3.8) is 0 Å². The lowest BCUT2D eigenvalue weighted by Gasteiger charge is -2.08. The van der Waals surface area contributed by atoms with Gasteiger partial charge in [0.1, 0.15) is 0 Å². The minimum absolute atomic E-state index is 1.00. The number of hydrogen-bond donors (Lipinski definition) is 0. The molecule has 1 aliphatic rings. The molecule has 0 spiro atoms. The highest BCUT2D eigenvalue weighted by Gasteiger charge is 1.90. The number of rotatable bonds is 1. The van der Waals surface area contributed by atoms with Gasteiger partial charge in [0.2, 0.25) is 0 Å². The number of allylic oxidation sites excluding steroid dienone is 4. The van der Waals surface area contributed by atoms with Crippen LogP contribution in [0, 0.1) is 6.07 Å². The first-order chi connectivity index (χ1) is 4.93. The van der Waals surface area contributed by atoms with Gasteiger partial charge in [0.25, 0.3) is 6.07 Å². The summed E-state index contributed by atoms with van der Waals surface area (Å²) in [6, 6.07) is 2.61. The molecule has 0 bridgehead atoms. The van der Waals surface area contributed by atoms with E-state index in [9.17, 15) is 0 Å². The molecule has 10 heavy (non-hydrogen) atoms. The molecule has 0 fully saturated rings. The lowest BCUT2D eigenvalue weighted by Crippen LogP contribution is -1.81. The highest BCUT2D eigenvalue weighted by atomic mass is 15.3. The second kappa shape index (κ2) is 3.73. The lowest BCUT2D eigenvalue weighted by atomic mass is 10.1. The fourth-order valence-electron chi connectivity index (χ4n) is 0.787. The molecular weight excluding hydrogens is 124 g/mol. The van der Waals surface area contributed by atoms with E-state index in [1.165, 1.54) is 0 Å². The summed E-state index contributed by atoms with van der Waals surface area (Å²) in [5, 5.41) is 0. The van der Waals surface area contributed by atoms with E-state index in [-0.39, 0.29) is 0 Å². The third-order valence-electron chi connectivity index (χ3n) is 1.27. The van der Waals surface area contributed by atoms with Gasteiger partial charge >= 0.3 is 0 Å². The van der Waals surface area contributed by atoms with Crippen molar-refractivity contribution >= 4 is 0 Å². The van der Waals surface area contributed by atoms with Crippen LogP contribution < -0.4 is 0 Å². The van der Waals surface area contributed by atoms with Crippen LogP contribution in [0.3, 0.4) is 0 Å². The second-order valence-corrected chi connectivity index (χ2v) is 2.05. The predicted molar refractivity (Wildman–Crippen MR) is 42.7 cm³/mol. The number of hydrogen-bond acceptors (Lipinski definition) is 0. The zero-order chi connectivity index (χ0) is 7.23. The van der Waals surface area contributed by atoms with Crippen molar-refractivity contribution in [3.8, 4) is 6.07 Å². The maximum atomic E-state index is 3.93.